The van der Waals surface area contributed by atoms with Gasteiger partial charge < -0.3 is 15.4 Å². The van der Waals surface area contributed by atoms with Crippen LogP contribution >= 0.6 is 11.6 Å². The summed E-state index contributed by atoms with van der Waals surface area (Å²) in [4.78, 5) is 5.18. The Morgan fingerprint density at radius 3 is 2.79 bits per heavy atom. The van der Waals surface area contributed by atoms with Gasteiger partial charge in [0.15, 0.2) is 5.84 Å². The Morgan fingerprint density at radius 2 is 2.16 bits per heavy atom. The Bertz CT molecular complexity index is 553. The van der Waals surface area contributed by atoms with Gasteiger partial charge in [-0.25, -0.2) is 0 Å². The van der Waals surface area contributed by atoms with Crippen LogP contribution in [0, 0.1) is 5.41 Å². The SMILES string of the molecule is CCON=C1c2cc(Cl)ccc2NC(=NO)C1(C)C. The zero-order valence-electron chi connectivity index (χ0n) is 11.1. The molecule has 0 aliphatic carbocycles. The van der Waals surface area contributed by atoms with Crippen molar-refractivity contribution in [3.63, 3.8) is 0 Å². The number of oxime groups is 2. The smallest absolute Gasteiger partial charge is 0.157 e. The molecule has 1 aromatic carbocycles. The fraction of sp³-hybridized carbons (Fsp3) is 0.385. The summed E-state index contributed by atoms with van der Waals surface area (Å²) in [5.74, 6) is 0.417. The third-order valence-corrected chi connectivity index (χ3v) is 3.29. The second kappa shape index (κ2) is 5.09. The number of fused-ring (bicyclic) bond motifs is 1. The number of nitrogens with zero attached hydrogens (tertiary/aromatic N) is 2. The molecule has 0 saturated heterocycles. The molecule has 0 unspecified atom stereocenters. The highest BCUT2D eigenvalue weighted by atomic mass is 35.5. The molecule has 2 N–H and O–H groups in total. The molecule has 0 saturated carbocycles. The third kappa shape index (κ3) is 2.38. The molecule has 19 heavy (non-hydrogen) atoms. The maximum absolute atomic E-state index is 9.15. The number of rotatable bonds is 2. The Morgan fingerprint density at radius 1 is 1.42 bits per heavy atom. The first-order valence-corrected chi connectivity index (χ1v) is 6.38. The van der Waals surface area contributed by atoms with Crippen molar-refractivity contribution in [3.8, 4) is 0 Å². The van der Waals surface area contributed by atoms with E-state index in [1.807, 2.05) is 32.9 Å². The number of halogens is 1. The van der Waals surface area contributed by atoms with Gasteiger partial charge in [-0.1, -0.05) is 21.9 Å². The van der Waals surface area contributed by atoms with Crippen LogP contribution in [0.5, 0.6) is 0 Å². The predicted molar refractivity (Wildman–Crippen MR) is 76.2 cm³/mol. The van der Waals surface area contributed by atoms with E-state index < -0.39 is 5.41 Å². The van der Waals surface area contributed by atoms with E-state index in [2.05, 4.69) is 15.6 Å². The summed E-state index contributed by atoms with van der Waals surface area (Å²) in [6, 6.07) is 5.40. The van der Waals surface area contributed by atoms with Gasteiger partial charge in [0.1, 0.15) is 12.3 Å². The highest BCUT2D eigenvalue weighted by Crippen LogP contribution is 2.36. The quantitative estimate of drug-likeness (QED) is 0.645. The fourth-order valence-corrected chi connectivity index (χ4v) is 2.17. The molecule has 0 fully saturated rings. The molecule has 5 nitrogen and oxygen atoms in total. The average molecular weight is 282 g/mol. The molecule has 0 spiro atoms. The standard InChI is InChI=1S/C13H16ClN3O2/c1-4-19-17-11-9-7-8(14)5-6-10(9)15-12(16-18)13(11,2)3/h5-7,18H,4H2,1-3H3,(H,15,16). The van der Waals surface area contributed by atoms with Crippen molar-refractivity contribution in [2.75, 3.05) is 11.9 Å². The molecule has 0 radical (unpaired) electrons. The lowest BCUT2D eigenvalue weighted by molar-refractivity contribution is 0.156. The molecular weight excluding hydrogens is 266 g/mol. The Balaban J connectivity index is 2.62. The summed E-state index contributed by atoms with van der Waals surface area (Å²) < 4.78 is 0. The fourth-order valence-electron chi connectivity index (χ4n) is 2.00. The summed E-state index contributed by atoms with van der Waals surface area (Å²) in [6.45, 7) is 6.13. The van der Waals surface area contributed by atoms with Crippen LogP contribution in [0.15, 0.2) is 28.5 Å². The zero-order valence-corrected chi connectivity index (χ0v) is 11.8. The van der Waals surface area contributed by atoms with Gasteiger partial charge in [-0.2, -0.15) is 0 Å². The minimum absolute atomic E-state index is 0.417. The minimum Gasteiger partial charge on any atom is -0.409 e. The Hall–Kier alpha value is -1.75. The van der Waals surface area contributed by atoms with E-state index in [4.69, 9.17) is 21.6 Å². The summed E-state index contributed by atoms with van der Waals surface area (Å²) in [7, 11) is 0. The number of amidine groups is 1. The maximum Gasteiger partial charge on any atom is 0.157 e. The molecule has 102 valence electrons. The van der Waals surface area contributed by atoms with Crippen molar-refractivity contribution >= 4 is 28.8 Å². The van der Waals surface area contributed by atoms with Crippen LogP contribution in [0.4, 0.5) is 5.69 Å². The van der Waals surface area contributed by atoms with Crippen molar-refractivity contribution in [1.82, 2.24) is 0 Å². The van der Waals surface area contributed by atoms with Crippen molar-refractivity contribution in [2.45, 2.75) is 20.8 Å². The maximum atomic E-state index is 9.15. The van der Waals surface area contributed by atoms with Crippen LogP contribution in [0.1, 0.15) is 26.3 Å². The van der Waals surface area contributed by atoms with E-state index in [-0.39, 0.29) is 0 Å². The van der Waals surface area contributed by atoms with E-state index in [9.17, 15) is 0 Å². The topological polar surface area (TPSA) is 66.2 Å². The molecule has 1 aromatic rings. The minimum atomic E-state index is -0.596. The Labute approximate surface area is 116 Å². The van der Waals surface area contributed by atoms with Crippen LogP contribution in [0.2, 0.25) is 5.02 Å². The summed E-state index contributed by atoms with van der Waals surface area (Å²) in [5.41, 5.74) is 1.72. The number of nitrogens with one attached hydrogen (secondary N) is 1. The average Bonchev–Trinajstić information content (AvgIpc) is 2.37. The monoisotopic (exact) mass is 281 g/mol. The van der Waals surface area contributed by atoms with Gasteiger partial charge in [-0.05, 0) is 39.0 Å². The van der Waals surface area contributed by atoms with Crippen molar-refractivity contribution in [1.29, 1.82) is 0 Å². The highest BCUT2D eigenvalue weighted by Gasteiger charge is 2.39. The molecule has 0 amide bonds. The van der Waals surface area contributed by atoms with Crippen molar-refractivity contribution in [3.05, 3.63) is 28.8 Å². The number of hydrogen-bond donors (Lipinski definition) is 2. The van der Waals surface area contributed by atoms with Crippen LogP contribution in [-0.4, -0.2) is 23.4 Å². The molecule has 1 aliphatic heterocycles. The molecule has 1 aliphatic rings. The van der Waals surface area contributed by atoms with E-state index in [1.54, 1.807) is 6.07 Å². The second-order valence-corrected chi connectivity index (χ2v) is 5.18. The summed E-state index contributed by atoms with van der Waals surface area (Å²) >= 11 is 6.04. The number of anilines is 1. The normalized spacial score (nSPS) is 21.1. The summed E-state index contributed by atoms with van der Waals surface area (Å²) in [5, 5.41) is 20.3. The van der Waals surface area contributed by atoms with Crippen molar-refractivity contribution in [2.24, 2.45) is 15.7 Å². The predicted octanol–water partition coefficient (Wildman–Crippen LogP) is 3.32. The first kappa shape index (κ1) is 13.7. The van der Waals surface area contributed by atoms with Crippen LogP contribution < -0.4 is 5.32 Å². The van der Waals surface area contributed by atoms with Crippen molar-refractivity contribution < 1.29 is 10.0 Å². The van der Waals surface area contributed by atoms with Crippen LogP contribution in [0.3, 0.4) is 0 Å². The third-order valence-electron chi connectivity index (χ3n) is 3.06. The van der Waals surface area contributed by atoms with E-state index >= 15 is 0 Å². The van der Waals surface area contributed by atoms with Crippen LogP contribution in [-0.2, 0) is 4.84 Å². The molecule has 1 heterocycles. The zero-order chi connectivity index (χ0) is 14.0. The first-order valence-electron chi connectivity index (χ1n) is 6.00. The Kier molecular flexibility index (Phi) is 3.66. The van der Waals surface area contributed by atoms with Gasteiger partial charge in [0.25, 0.3) is 0 Å². The number of benzene rings is 1. The molecule has 0 bridgehead atoms. The van der Waals surface area contributed by atoms with E-state index in [0.717, 1.165) is 11.3 Å². The highest BCUT2D eigenvalue weighted by molar-refractivity contribution is 6.33. The first-order chi connectivity index (χ1) is 9.00. The molecular formula is C13H16ClN3O2. The van der Waals surface area contributed by atoms with E-state index in [1.165, 1.54) is 0 Å². The summed E-state index contributed by atoms with van der Waals surface area (Å²) in [6.07, 6.45) is 0. The molecule has 0 atom stereocenters. The van der Waals surface area contributed by atoms with Gasteiger partial charge in [-0.3, -0.25) is 0 Å². The van der Waals surface area contributed by atoms with Gasteiger partial charge in [0.2, 0.25) is 0 Å². The number of hydrogen-bond acceptors (Lipinski definition) is 4. The van der Waals surface area contributed by atoms with Crippen LogP contribution in [0.25, 0.3) is 0 Å². The van der Waals surface area contributed by atoms with Gasteiger partial charge in [-0.15, -0.1) is 0 Å². The lowest BCUT2D eigenvalue weighted by Crippen LogP contribution is -2.43. The largest absolute Gasteiger partial charge is 0.409 e. The van der Waals surface area contributed by atoms with Gasteiger partial charge >= 0.3 is 0 Å². The van der Waals surface area contributed by atoms with Gasteiger partial charge in [0.05, 0.1) is 5.41 Å². The molecule has 6 heteroatoms. The lowest BCUT2D eigenvalue weighted by Gasteiger charge is -2.33. The molecule has 0 aromatic heterocycles. The lowest BCUT2D eigenvalue weighted by atomic mass is 9.79. The van der Waals surface area contributed by atoms with Gasteiger partial charge in [0, 0.05) is 16.3 Å². The second-order valence-electron chi connectivity index (χ2n) is 4.75. The van der Waals surface area contributed by atoms with E-state index in [0.29, 0.717) is 23.2 Å². The molecule has 2 rings (SSSR count).